The van der Waals surface area contributed by atoms with Crippen molar-refractivity contribution in [2.75, 3.05) is 7.11 Å². The molecule has 0 spiro atoms. The van der Waals surface area contributed by atoms with E-state index in [1.54, 1.807) is 0 Å². The van der Waals surface area contributed by atoms with E-state index in [-0.39, 0.29) is 22.0 Å². The number of nitro groups is 1. The van der Waals surface area contributed by atoms with Crippen LogP contribution >= 0.6 is 11.6 Å². The number of hydrogen-bond donors (Lipinski definition) is 0. The summed E-state index contributed by atoms with van der Waals surface area (Å²) < 4.78 is 4.79. The van der Waals surface area contributed by atoms with Gasteiger partial charge in [-0.25, -0.2) is 0 Å². The second-order valence-electron chi connectivity index (χ2n) is 2.42. The molecule has 1 aromatic carbocycles. The van der Waals surface area contributed by atoms with E-state index in [1.165, 1.54) is 13.2 Å². The highest BCUT2D eigenvalue weighted by Gasteiger charge is 2.16. The van der Waals surface area contributed by atoms with E-state index < -0.39 is 4.92 Å². The van der Waals surface area contributed by atoms with Crippen LogP contribution in [0.5, 0.6) is 5.75 Å². The summed E-state index contributed by atoms with van der Waals surface area (Å²) in [6, 6.07) is 2.32. The van der Waals surface area contributed by atoms with Crippen LogP contribution in [0.4, 0.5) is 5.69 Å². The summed E-state index contributed by atoms with van der Waals surface area (Å²) in [7, 11) is 1.32. The molecule has 1 rings (SSSR count). The van der Waals surface area contributed by atoms with Crippen LogP contribution in [-0.4, -0.2) is 18.3 Å². The van der Waals surface area contributed by atoms with Gasteiger partial charge in [-0.3, -0.25) is 14.9 Å². The Bertz CT molecular complexity index is 391. The zero-order valence-electron chi connectivity index (χ0n) is 7.19. The SMILES string of the molecule is COc1cc([N+](=O)[O-])c(Cl)cc1C=O. The average Bonchev–Trinajstić information content (AvgIpc) is 2.16. The summed E-state index contributed by atoms with van der Waals surface area (Å²) in [6.07, 6.45) is 0.522. The van der Waals surface area contributed by atoms with Gasteiger partial charge in [0.2, 0.25) is 0 Å². The van der Waals surface area contributed by atoms with E-state index in [1.807, 2.05) is 0 Å². The Morgan fingerprint density at radius 2 is 2.21 bits per heavy atom. The van der Waals surface area contributed by atoms with E-state index in [2.05, 4.69) is 0 Å². The summed E-state index contributed by atoms with van der Waals surface area (Å²) in [6.45, 7) is 0. The number of hydrogen-bond acceptors (Lipinski definition) is 4. The first-order valence-electron chi connectivity index (χ1n) is 3.57. The highest BCUT2D eigenvalue weighted by molar-refractivity contribution is 6.33. The third kappa shape index (κ3) is 1.82. The number of halogens is 1. The van der Waals surface area contributed by atoms with Crippen molar-refractivity contribution in [1.82, 2.24) is 0 Å². The van der Waals surface area contributed by atoms with Crippen molar-refractivity contribution in [3.05, 3.63) is 32.8 Å². The number of rotatable bonds is 3. The number of methoxy groups -OCH3 is 1. The maximum atomic E-state index is 10.5. The van der Waals surface area contributed by atoms with Crippen LogP contribution in [0.1, 0.15) is 10.4 Å². The molecule has 0 aliphatic carbocycles. The zero-order valence-corrected chi connectivity index (χ0v) is 7.95. The topological polar surface area (TPSA) is 69.4 Å². The highest BCUT2D eigenvalue weighted by atomic mass is 35.5. The number of carbonyl (C=O) groups is 1. The third-order valence-corrected chi connectivity index (χ3v) is 1.93. The quantitative estimate of drug-likeness (QED) is 0.440. The van der Waals surface area contributed by atoms with E-state index in [9.17, 15) is 14.9 Å². The molecule has 0 heterocycles. The lowest BCUT2D eigenvalue weighted by atomic mass is 10.2. The van der Waals surface area contributed by atoms with Crippen LogP contribution in [-0.2, 0) is 0 Å². The second-order valence-corrected chi connectivity index (χ2v) is 2.83. The first-order valence-corrected chi connectivity index (χ1v) is 3.95. The molecule has 0 aromatic heterocycles. The van der Waals surface area contributed by atoms with Gasteiger partial charge in [-0.05, 0) is 6.07 Å². The van der Waals surface area contributed by atoms with Gasteiger partial charge in [-0.1, -0.05) is 11.6 Å². The summed E-state index contributed by atoms with van der Waals surface area (Å²) >= 11 is 5.58. The maximum absolute atomic E-state index is 10.5. The molecule has 6 heteroatoms. The van der Waals surface area contributed by atoms with Crippen LogP contribution in [0.15, 0.2) is 12.1 Å². The number of ether oxygens (including phenoxy) is 1. The third-order valence-electron chi connectivity index (χ3n) is 1.62. The molecule has 0 bridgehead atoms. The van der Waals surface area contributed by atoms with Crippen LogP contribution in [0.3, 0.4) is 0 Å². The van der Waals surface area contributed by atoms with Crippen molar-refractivity contribution in [1.29, 1.82) is 0 Å². The summed E-state index contributed by atoms with van der Waals surface area (Å²) in [5.41, 5.74) is -0.0998. The van der Waals surface area contributed by atoms with Crippen LogP contribution in [0.2, 0.25) is 5.02 Å². The Labute approximate surface area is 84.4 Å². The number of nitro benzene ring substituents is 1. The summed E-state index contributed by atoms with van der Waals surface area (Å²) in [5, 5.41) is 10.4. The summed E-state index contributed by atoms with van der Waals surface area (Å²) in [4.78, 5) is 20.3. The normalized spacial score (nSPS) is 9.57. The molecule has 5 nitrogen and oxygen atoms in total. The van der Waals surface area contributed by atoms with Crippen LogP contribution in [0, 0.1) is 10.1 Å². The van der Waals surface area contributed by atoms with E-state index in [0.29, 0.717) is 6.29 Å². The molecule has 0 saturated carbocycles. The molecule has 0 radical (unpaired) electrons. The lowest BCUT2D eigenvalue weighted by Gasteiger charge is -2.03. The molecule has 0 aliphatic rings. The molecule has 0 unspecified atom stereocenters. The van der Waals surface area contributed by atoms with Gasteiger partial charge in [0.25, 0.3) is 5.69 Å². The van der Waals surface area contributed by atoms with Gasteiger partial charge >= 0.3 is 0 Å². The lowest BCUT2D eigenvalue weighted by molar-refractivity contribution is -0.384. The lowest BCUT2D eigenvalue weighted by Crippen LogP contribution is -1.95. The minimum absolute atomic E-state index is 0.0853. The Morgan fingerprint density at radius 3 is 2.64 bits per heavy atom. The van der Waals surface area contributed by atoms with Gasteiger partial charge in [0.15, 0.2) is 6.29 Å². The summed E-state index contributed by atoms with van der Waals surface area (Å²) in [5.74, 6) is 0.135. The van der Waals surface area contributed by atoms with Gasteiger partial charge in [-0.15, -0.1) is 0 Å². The maximum Gasteiger partial charge on any atom is 0.291 e. The molecular formula is C8H6ClNO4. The second kappa shape index (κ2) is 4.06. The van der Waals surface area contributed by atoms with Crippen molar-refractivity contribution in [3.63, 3.8) is 0 Å². The molecule has 74 valence electrons. The smallest absolute Gasteiger partial charge is 0.291 e. The fraction of sp³-hybridized carbons (Fsp3) is 0.125. The van der Waals surface area contributed by atoms with Crippen LogP contribution in [0.25, 0.3) is 0 Å². The Kier molecular flexibility index (Phi) is 3.03. The molecule has 14 heavy (non-hydrogen) atoms. The highest BCUT2D eigenvalue weighted by Crippen LogP contribution is 2.31. The van der Waals surface area contributed by atoms with Crippen molar-refractivity contribution >= 4 is 23.6 Å². The van der Waals surface area contributed by atoms with Crippen molar-refractivity contribution in [2.45, 2.75) is 0 Å². The molecule has 0 aliphatic heterocycles. The van der Waals surface area contributed by atoms with Crippen LogP contribution < -0.4 is 4.74 Å². The molecule has 0 atom stereocenters. The number of nitrogens with zero attached hydrogens (tertiary/aromatic N) is 1. The molecule has 1 aromatic rings. The van der Waals surface area contributed by atoms with Crippen molar-refractivity contribution < 1.29 is 14.5 Å². The van der Waals surface area contributed by atoms with Gasteiger partial charge in [0.05, 0.1) is 23.7 Å². The minimum atomic E-state index is -0.639. The predicted octanol–water partition coefficient (Wildman–Crippen LogP) is 2.07. The van der Waals surface area contributed by atoms with Crippen molar-refractivity contribution in [2.24, 2.45) is 0 Å². The Morgan fingerprint density at radius 1 is 1.57 bits per heavy atom. The minimum Gasteiger partial charge on any atom is -0.496 e. The standard InChI is InChI=1S/C8H6ClNO4/c1-14-8-3-7(10(12)13)6(9)2-5(8)4-11/h2-4H,1H3. The molecular weight excluding hydrogens is 210 g/mol. The van der Waals surface area contributed by atoms with Gasteiger partial charge in [-0.2, -0.15) is 0 Å². The molecule has 0 amide bonds. The number of carbonyl (C=O) groups excluding carboxylic acids is 1. The predicted molar refractivity (Wildman–Crippen MR) is 50.0 cm³/mol. The largest absolute Gasteiger partial charge is 0.496 e. The van der Waals surface area contributed by atoms with Crippen molar-refractivity contribution in [3.8, 4) is 5.75 Å². The number of benzene rings is 1. The first kappa shape index (κ1) is 10.5. The van der Waals surface area contributed by atoms with Gasteiger partial charge < -0.3 is 4.74 Å². The fourth-order valence-electron chi connectivity index (χ4n) is 0.967. The first-order chi connectivity index (χ1) is 6.60. The average molecular weight is 216 g/mol. The molecule has 0 fully saturated rings. The monoisotopic (exact) mass is 215 g/mol. The Hall–Kier alpha value is -1.62. The van der Waals surface area contributed by atoms with E-state index in [4.69, 9.17) is 16.3 Å². The zero-order chi connectivity index (χ0) is 10.7. The van der Waals surface area contributed by atoms with E-state index in [0.717, 1.165) is 6.07 Å². The van der Waals surface area contributed by atoms with Gasteiger partial charge in [0.1, 0.15) is 10.8 Å². The Balaban J connectivity index is 3.37. The fourth-order valence-corrected chi connectivity index (χ4v) is 1.21. The van der Waals surface area contributed by atoms with E-state index >= 15 is 0 Å². The van der Waals surface area contributed by atoms with Gasteiger partial charge in [0, 0.05) is 0 Å². The number of aldehydes is 1. The molecule has 0 N–H and O–H groups in total. The molecule has 0 saturated heterocycles.